The second-order valence-corrected chi connectivity index (χ2v) is 16.5. The molecule has 3 aliphatic carbocycles. The predicted molar refractivity (Wildman–Crippen MR) is 183 cm³/mol. The van der Waals surface area contributed by atoms with Gasteiger partial charge in [-0.15, -0.1) is 0 Å². The summed E-state index contributed by atoms with van der Waals surface area (Å²) in [5.41, 5.74) is 6.26. The van der Waals surface area contributed by atoms with Crippen LogP contribution >= 0.6 is 0 Å². The lowest BCUT2D eigenvalue weighted by atomic mass is 9.62. The Kier molecular flexibility index (Phi) is 13.9. The standard InChI is InChI=1S/C38H68N2O8/c1-43-14-5-8-33-35(38(29-20-27(44-2)9-10-32(29)48-33)46-15-12-23-11-13-40-34(39)18-23)31-22-47-37-25(16-24-6-4-7-26(41)17-24)19-28(45-3)21-30(37)36(31)42/h23-38,40-42H,4-22,39H2,1-3H3/t23?,24?,25?,26?,27?,28?,29?,30?,31-,32?,33+,34?,35+,36+,37?,38-/m0/s1. The highest BCUT2D eigenvalue weighted by Gasteiger charge is 2.56. The van der Waals surface area contributed by atoms with Crippen molar-refractivity contribution < 1.29 is 38.6 Å². The van der Waals surface area contributed by atoms with Gasteiger partial charge in [0.05, 0.1) is 61.6 Å². The molecule has 16 atom stereocenters. The van der Waals surface area contributed by atoms with E-state index in [1.165, 1.54) is 6.42 Å². The van der Waals surface area contributed by atoms with Gasteiger partial charge >= 0.3 is 0 Å². The summed E-state index contributed by atoms with van der Waals surface area (Å²) < 4.78 is 38.6. The van der Waals surface area contributed by atoms with Crippen molar-refractivity contribution in [2.45, 2.75) is 151 Å². The lowest BCUT2D eigenvalue weighted by Gasteiger charge is -2.56. The molecule has 278 valence electrons. The molecule has 5 N–H and O–H groups in total. The van der Waals surface area contributed by atoms with Crippen molar-refractivity contribution >= 4 is 0 Å². The van der Waals surface area contributed by atoms with Gasteiger partial charge < -0.3 is 49.7 Å². The molecule has 3 saturated heterocycles. The van der Waals surface area contributed by atoms with E-state index in [9.17, 15) is 10.2 Å². The number of ether oxygens (including phenoxy) is 6. The van der Waals surface area contributed by atoms with Gasteiger partial charge in [0.1, 0.15) is 0 Å². The summed E-state index contributed by atoms with van der Waals surface area (Å²) in [7, 11) is 5.41. The Morgan fingerprint density at radius 1 is 0.812 bits per heavy atom. The number of aliphatic hydroxyl groups excluding tert-OH is 2. The first-order valence-electron chi connectivity index (χ1n) is 19.7. The summed E-state index contributed by atoms with van der Waals surface area (Å²) in [6, 6.07) is 0. The largest absolute Gasteiger partial charge is 0.393 e. The maximum atomic E-state index is 12.5. The molecule has 0 aromatic rings. The maximum absolute atomic E-state index is 12.5. The Morgan fingerprint density at radius 3 is 2.42 bits per heavy atom. The van der Waals surface area contributed by atoms with Crippen molar-refractivity contribution in [1.82, 2.24) is 5.32 Å². The van der Waals surface area contributed by atoms with Crippen LogP contribution in [0.25, 0.3) is 0 Å². The van der Waals surface area contributed by atoms with Gasteiger partial charge in [0, 0.05) is 58.2 Å². The first kappa shape index (κ1) is 37.4. The number of rotatable bonds is 13. The molecule has 0 amide bonds. The van der Waals surface area contributed by atoms with Gasteiger partial charge in [-0.3, -0.25) is 0 Å². The van der Waals surface area contributed by atoms with Crippen LogP contribution in [0.1, 0.15) is 96.3 Å². The fourth-order valence-corrected chi connectivity index (χ4v) is 11.0. The number of piperidine rings is 1. The van der Waals surface area contributed by atoms with Crippen molar-refractivity contribution in [2.75, 3.05) is 47.7 Å². The molecule has 10 nitrogen and oxygen atoms in total. The minimum Gasteiger partial charge on any atom is -0.393 e. The summed E-state index contributed by atoms with van der Waals surface area (Å²) in [6.07, 6.45) is 14.4. The summed E-state index contributed by atoms with van der Waals surface area (Å²) in [4.78, 5) is 0. The second-order valence-electron chi connectivity index (χ2n) is 16.5. The third-order valence-electron chi connectivity index (χ3n) is 13.5. The molecule has 48 heavy (non-hydrogen) atoms. The van der Waals surface area contributed by atoms with Gasteiger partial charge in [0.15, 0.2) is 0 Å². The van der Waals surface area contributed by atoms with Gasteiger partial charge in [0.2, 0.25) is 0 Å². The minimum atomic E-state index is -0.522. The van der Waals surface area contributed by atoms with E-state index >= 15 is 0 Å². The molecule has 0 radical (unpaired) electrons. The molecular formula is C38H68N2O8. The third-order valence-corrected chi connectivity index (χ3v) is 13.5. The Balaban J connectivity index is 1.23. The van der Waals surface area contributed by atoms with Crippen molar-refractivity contribution in [2.24, 2.45) is 47.2 Å². The molecular weight excluding hydrogens is 612 g/mol. The van der Waals surface area contributed by atoms with Crippen molar-refractivity contribution in [1.29, 1.82) is 0 Å². The van der Waals surface area contributed by atoms with Crippen LogP contribution in [0.4, 0.5) is 0 Å². The van der Waals surface area contributed by atoms with E-state index in [0.717, 1.165) is 96.4 Å². The average Bonchev–Trinajstić information content (AvgIpc) is 3.09. The molecule has 6 aliphatic rings. The van der Waals surface area contributed by atoms with Crippen LogP contribution in [0.2, 0.25) is 0 Å². The van der Waals surface area contributed by atoms with Crippen LogP contribution in [0.5, 0.6) is 0 Å². The molecule has 3 heterocycles. The minimum absolute atomic E-state index is 0.00766. The van der Waals surface area contributed by atoms with Crippen LogP contribution in [0.15, 0.2) is 0 Å². The van der Waals surface area contributed by atoms with E-state index in [1.54, 1.807) is 7.11 Å². The van der Waals surface area contributed by atoms with E-state index in [-0.39, 0.29) is 72.6 Å². The molecule has 0 spiro atoms. The number of nitrogens with one attached hydrogen (secondary N) is 1. The highest BCUT2D eigenvalue weighted by Crippen LogP contribution is 2.51. The summed E-state index contributed by atoms with van der Waals surface area (Å²) in [6.45, 7) is 2.87. The fourth-order valence-electron chi connectivity index (χ4n) is 11.0. The number of methoxy groups -OCH3 is 3. The number of aliphatic hydroxyl groups is 2. The molecule has 0 bridgehead atoms. The third kappa shape index (κ3) is 8.96. The lowest BCUT2D eigenvalue weighted by Crippen LogP contribution is -2.62. The number of hydrogen-bond acceptors (Lipinski definition) is 10. The van der Waals surface area contributed by atoms with Crippen LogP contribution in [-0.4, -0.2) is 113 Å². The zero-order chi connectivity index (χ0) is 33.6. The fraction of sp³-hybridized carbons (Fsp3) is 1.00. The molecule has 3 aliphatic heterocycles. The van der Waals surface area contributed by atoms with Gasteiger partial charge in [-0.25, -0.2) is 0 Å². The maximum Gasteiger partial charge on any atom is 0.0686 e. The van der Waals surface area contributed by atoms with Gasteiger partial charge in [0.25, 0.3) is 0 Å². The second kappa shape index (κ2) is 17.9. The molecule has 11 unspecified atom stereocenters. The summed E-state index contributed by atoms with van der Waals surface area (Å²) in [5, 5.41) is 26.3. The van der Waals surface area contributed by atoms with Crippen LogP contribution in [0, 0.1) is 41.4 Å². The molecule has 6 rings (SSSR count). The molecule has 10 heteroatoms. The smallest absolute Gasteiger partial charge is 0.0686 e. The van der Waals surface area contributed by atoms with Crippen molar-refractivity contribution in [3.05, 3.63) is 0 Å². The van der Waals surface area contributed by atoms with Crippen molar-refractivity contribution in [3.63, 3.8) is 0 Å². The zero-order valence-electron chi connectivity index (χ0n) is 30.1. The monoisotopic (exact) mass is 680 g/mol. The van der Waals surface area contributed by atoms with Gasteiger partial charge in [-0.2, -0.15) is 0 Å². The highest BCUT2D eigenvalue weighted by molar-refractivity contribution is 5.04. The number of nitrogens with two attached hydrogens (primary N) is 1. The highest BCUT2D eigenvalue weighted by atomic mass is 16.5. The molecule has 0 aromatic heterocycles. The molecule has 3 saturated carbocycles. The lowest BCUT2D eigenvalue weighted by molar-refractivity contribution is -0.259. The van der Waals surface area contributed by atoms with Crippen LogP contribution in [-0.2, 0) is 28.4 Å². The SMILES string of the molecule is COCCC[C@H]1OC2CCC(OC)CC2[C@H](OCCC2CCNC(N)C2)[C@@H]1[C@@H]1COC2C(CC3CCCC(O)C3)CC(OC)CC2[C@H]1O. The predicted octanol–water partition coefficient (Wildman–Crippen LogP) is 4.03. The average molecular weight is 681 g/mol. The van der Waals surface area contributed by atoms with E-state index < -0.39 is 6.10 Å². The van der Waals surface area contributed by atoms with E-state index in [2.05, 4.69) is 5.32 Å². The Morgan fingerprint density at radius 2 is 1.65 bits per heavy atom. The topological polar surface area (TPSA) is 134 Å². The Hall–Kier alpha value is -0.400. The van der Waals surface area contributed by atoms with Gasteiger partial charge in [-0.1, -0.05) is 12.8 Å². The van der Waals surface area contributed by atoms with E-state index in [0.29, 0.717) is 37.6 Å². The van der Waals surface area contributed by atoms with Crippen molar-refractivity contribution in [3.8, 4) is 0 Å². The molecule has 0 aromatic carbocycles. The Bertz CT molecular complexity index is 962. The summed E-state index contributed by atoms with van der Waals surface area (Å²) in [5.74, 6) is 1.55. The quantitative estimate of drug-likeness (QED) is 0.211. The van der Waals surface area contributed by atoms with E-state index in [4.69, 9.17) is 34.2 Å². The van der Waals surface area contributed by atoms with Crippen LogP contribution < -0.4 is 11.1 Å². The van der Waals surface area contributed by atoms with Crippen LogP contribution in [0.3, 0.4) is 0 Å². The number of hydrogen-bond donors (Lipinski definition) is 4. The summed E-state index contributed by atoms with van der Waals surface area (Å²) >= 11 is 0. The van der Waals surface area contributed by atoms with E-state index in [1.807, 2.05) is 14.2 Å². The normalized spacial score (nSPS) is 46.9. The first-order valence-corrected chi connectivity index (χ1v) is 19.7. The molecule has 6 fully saturated rings. The Labute approximate surface area is 289 Å². The zero-order valence-corrected chi connectivity index (χ0v) is 30.1. The first-order chi connectivity index (χ1) is 23.4. The number of fused-ring (bicyclic) bond motifs is 2. The van der Waals surface area contributed by atoms with Gasteiger partial charge in [-0.05, 0) is 108 Å².